The molecule has 0 amide bonds. The summed E-state index contributed by atoms with van der Waals surface area (Å²) < 4.78 is 7.72. The number of tetrazole rings is 1. The molecule has 35 heavy (non-hydrogen) atoms. The van der Waals surface area contributed by atoms with Gasteiger partial charge in [0.25, 0.3) is 5.56 Å². The van der Waals surface area contributed by atoms with Crippen molar-refractivity contribution in [3.05, 3.63) is 46.0 Å². The fourth-order valence-corrected chi connectivity index (χ4v) is 6.09. The lowest BCUT2D eigenvalue weighted by Crippen LogP contribution is -2.50. The molecule has 0 radical (unpaired) electrons. The third kappa shape index (κ3) is 4.71. The normalized spacial score (nSPS) is 18.5. The minimum absolute atomic E-state index is 0.00667. The number of benzene rings is 1. The minimum atomic E-state index is -0.401. The van der Waals surface area contributed by atoms with Crippen LogP contribution in [-0.2, 0) is 12.1 Å². The van der Waals surface area contributed by atoms with E-state index in [2.05, 4.69) is 30.1 Å². The van der Waals surface area contributed by atoms with Gasteiger partial charge in [0.2, 0.25) is 0 Å². The SMILES string of the molecule is CCOc1ccc2[nH]c(=O)c(CN(CCO)C3(c4nnnn4C4CCCC4)CCCCC3)cc2c1. The van der Waals surface area contributed by atoms with E-state index in [9.17, 15) is 9.90 Å². The summed E-state index contributed by atoms with van der Waals surface area (Å²) in [5.41, 5.74) is 0.950. The molecule has 9 nitrogen and oxygen atoms in total. The number of rotatable bonds is 9. The van der Waals surface area contributed by atoms with Crippen LogP contribution in [0, 0.1) is 0 Å². The average molecular weight is 481 g/mol. The van der Waals surface area contributed by atoms with Crippen molar-refractivity contribution >= 4 is 10.9 Å². The van der Waals surface area contributed by atoms with E-state index in [1.54, 1.807) is 0 Å². The maximum absolute atomic E-state index is 13.1. The number of fused-ring (bicyclic) bond motifs is 1. The number of aromatic amines is 1. The summed E-state index contributed by atoms with van der Waals surface area (Å²) in [5, 5.41) is 24.1. The van der Waals surface area contributed by atoms with E-state index in [0.29, 0.717) is 31.3 Å². The third-order valence-corrected chi connectivity index (χ3v) is 7.80. The van der Waals surface area contributed by atoms with Crippen LogP contribution in [0.5, 0.6) is 5.75 Å². The zero-order chi connectivity index (χ0) is 24.3. The zero-order valence-corrected chi connectivity index (χ0v) is 20.6. The second kappa shape index (κ2) is 10.5. The number of nitrogens with one attached hydrogen (secondary N) is 1. The van der Waals surface area contributed by atoms with E-state index in [0.717, 1.165) is 61.0 Å². The van der Waals surface area contributed by atoms with Gasteiger partial charge in [0.15, 0.2) is 5.82 Å². The van der Waals surface area contributed by atoms with E-state index in [1.165, 1.54) is 19.3 Å². The average Bonchev–Trinajstić information content (AvgIpc) is 3.57. The Morgan fingerprint density at radius 1 is 1.17 bits per heavy atom. The van der Waals surface area contributed by atoms with Crippen LogP contribution in [0.25, 0.3) is 10.9 Å². The molecule has 2 fully saturated rings. The number of hydrogen-bond acceptors (Lipinski definition) is 7. The lowest BCUT2D eigenvalue weighted by atomic mass is 9.79. The molecule has 0 spiro atoms. The Morgan fingerprint density at radius 3 is 2.71 bits per heavy atom. The summed E-state index contributed by atoms with van der Waals surface area (Å²) in [7, 11) is 0. The molecule has 0 bridgehead atoms. The summed E-state index contributed by atoms with van der Waals surface area (Å²) in [6.45, 7) is 3.42. The molecule has 2 aromatic heterocycles. The highest BCUT2D eigenvalue weighted by molar-refractivity contribution is 5.80. The quantitative estimate of drug-likeness (QED) is 0.481. The van der Waals surface area contributed by atoms with Gasteiger partial charge in [-0.1, -0.05) is 32.1 Å². The van der Waals surface area contributed by atoms with Crippen LogP contribution in [0.2, 0.25) is 0 Å². The van der Waals surface area contributed by atoms with Crippen LogP contribution in [0.15, 0.2) is 29.1 Å². The first-order chi connectivity index (χ1) is 17.1. The summed E-state index contributed by atoms with van der Waals surface area (Å²) >= 11 is 0. The highest BCUT2D eigenvalue weighted by Gasteiger charge is 2.45. The number of aliphatic hydroxyl groups is 1. The molecule has 2 heterocycles. The van der Waals surface area contributed by atoms with Gasteiger partial charge in [-0.15, -0.1) is 5.10 Å². The molecule has 2 N–H and O–H groups in total. The van der Waals surface area contributed by atoms with Crippen molar-refractivity contribution in [1.29, 1.82) is 0 Å². The van der Waals surface area contributed by atoms with Crippen molar-refractivity contribution in [1.82, 2.24) is 30.1 Å². The first-order valence-electron chi connectivity index (χ1n) is 13.1. The molecule has 0 aliphatic heterocycles. The molecule has 2 aliphatic rings. The van der Waals surface area contributed by atoms with Crippen LogP contribution >= 0.6 is 0 Å². The second-order valence-corrected chi connectivity index (χ2v) is 9.93. The fourth-order valence-electron chi connectivity index (χ4n) is 6.09. The molecular weight excluding hydrogens is 444 g/mol. The van der Waals surface area contributed by atoms with Crippen molar-refractivity contribution in [2.45, 2.75) is 82.8 Å². The van der Waals surface area contributed by atoms with E-state index < -0.39 is 5.54 Å². The van der Waals surface area contributed by atoms with Crippen molar-refractivity contribution in [3.8, 4) is 5.75 Å². The number of aliphatic hydroxyl groups excluding tert-OH is 1. The standard InChI is InChI=1S/C26H36N6O3/c1-2-35-22-10-11-23-19(17-22)16-20(24(34)27-23)18-31(14-15-33)26(12-6-3-7-13-26)25-28-29-30-32(25)21-8-4-5-9-21/h10-11,16-17,21,33H,2-9,12-15,18H2,1H3,(H,27,34). The van der Waals surface area contributed by atoms with Crippen LogP contribution in [0.4, 0.5) is 0 Å². The molecule has 1 aromatic carbocycles. The number of aromatic nitrogens is 5. The Balaban J connectivity index is 1.54. The number of H-pyrrole nitrogens is 1. The van der Waals surface area contributed by atoms with Gasteiger partial charge in [-0.2, -0.15) is 0 Å². The summed E-state index contributed by atoms with van der Waals surface area (Å²) in [5.74, 6) is 1.68. The van der Waals surface area contributed by atoms with Gasteiger partial charge < -0.3 is 14.8 Å². The lowest BCUT2D eigenvalue weighted by Gasteiger charge is -2.45. The Hall–Kier alpha value is -2.78. The maximum atomic E-state index is 13.1. The van der Waals surface area contributed by atoms with Crippen LogP contribution in [-0.4, -0.2) is 55.0 Å². The smallest absolute Gasteiger partial charge is 0.252 e. The van der Waals surface area contributed by atoms with Crippen molar-refractivity contribution < 1.29 is 9.84 Å². The largest absolute Gasteiger partial charge is 0.494 e. The highest BCUT2D eigenvalue weighted by Crippen LogP contribution is 2.43. The first kappa shape index (κ1) is 23.9. The molecule has 5 rings (SSSR count). The maximum Gasteiger partial charge on any atom is 0.252 e. The summed E-state index contributed by atoms with van der Waals surface area (Å²) in [6.07, 6.45) is 9.76. The van der Waals surface area contributed by atoms with Gasteiger partial charge in [-0.05, 0) is 67.3 Å². The van der Waals surface area contributed by atoms with E-state index >= 15 is 0 Å². The topological polar surface area (TPSA) is 109 Å². The predicted molar refractivity (Wildman–Crippen MR) is 133 cm³/mol. The monoisotopic (exact) mass is 480 g/mol. The second-order valence-electron chi connectivity index (χ2n) is 9.93. The zero-order valence-electron chi connectivity index (χ0n) is 20.6. The van der Waals surface area contributed by atoms with Crippen molar-refractivity contribution in [2.24, 2.45) is 0 Å². The summed E-state index contributed by atoms with van der Waals surface area (Å²) in [6, 6.07) is 8.01. The third-order valence-electron chi connectivity index (χ3n) is 7.80. The van der Waals surface area contributed by atoms with Gasteiger partial charge in [0.05, 0.1) is 24.8 Å². The van der Waals surface area contributed by atoms with Gasteiger partial charge in [-0.25, -0.2) is 4.68 Å². The van der Waals surface area contributed by atoms with E-state index in [1.807, 2.05) is 31.2 Å². The Kier molecular flexibility index (Phi) is 7.15. The predicted octanol–water partition coefficient (Wildman–Crippen LogP) is 3.68. The molecule has 9 heteroatoms. The molecule has 2 saturated carbocycles. The molecule has 2 aliphatic carbocycles. The number of ether oxygens (including phenoxy) is 1. The molecule has 0 atom stereocenters. The van der Waals surface area contributed by atoms with Gasteiger partial charge in [0, 0.05) is 29.6 Å². The van der Waals surface area contributed by atoms with E-state index in [4.69, 9.17) is 4.74 Å². The Labute approximate surface area is 205 Å². The summed E-state index contributed by atoms with van der Waals surface area (Å²) in [4.78, 5) is 18.4. The lowest BCUT2D eigenvalue weighted by molar-refractivity contribution is 0.0131. The Bertz CT molecular complexity index is 1190. The van der Waals surface area contributed by atoms with Crippen LogP contribution in [0.1, 0.15) is 82.1 Å². The fraction of sp³-hybridized carbons (Fsp3) is 0.615. The van der Waals surface area contributed by atoms with Crippen molar-refractivity contribution in [3.63, 3.8) is 0 Å². The van der Waals surface area contributed by atoms with Gasteiger partial charge in [0.1, 0.15) is 5.75 Å². The van der Waals surface area contributed by atoms with E-state index in [-0.39, 0.29) is 12.2 Å². The van der Waals surface area contributed by atoms with Crippen molar-refractivity contribution in [2.75, 3.05) is 19.8 Å². The Morgan fingerprint density at radius 2 is 1.97 bits per heavy atom. The first-order valence-corrected chi connectivity index (χ1v) is 13.1. The molecule has 188 valence electrons. The van der Waals surface area contributed by atoms with Crippen LogP contribution in [0.3, 0.4) is 0 Å². The van der Waals surface area contributed by atoms with Gasteiger partial charge >= 0.3 is 0 Å². The van der Waals surface area contributed by atoms with Crippen LogP contribution < -0.4 is 10.3 Å². The highest BCUT2D eigenvalue weighted by atomic mass is 16.5. The molecule has 3 aromatic rings. The minimum Gasteiger partial charge on any atom is -0.494 e. The van der Waals surface area contributed by atoms with Gasteiger partial charge in [-0.3, -0.25) is 9.69 Å². The number of nitrogens with zero attached hydrogens (tertiary/aromatic N) is 5. The number of pyridine rings is 1. The molecule has 0 saturated heterocycles. The molecule has 0 unspecified atom stereocenters. The molecular formula is C26H36N6O3. The number of hydrogen-bond donors (Lipinski definition) is 2.